The van der Waals surface area contributed by atoms with Gasteiger partial charge in [-0.1, -0.05) is 35.9 Å². The second-order valence-corrected chi connectivity index (χ2v) is 7.81. The number of anilines is 1. The number of carbonyl (C=O) groups is 2. The van der Waals surface area contributed by atoms with Gasteiger partial charge >= 0.3 is 0 Å². The highest BCUT2D eigenvalue weighted by Crippen LogP contribution is 2.24. The molecule has 2 aromatic heterocycles. The molecule has 0 radical (unpaired) electrons. The monoisotopic (exact) mass is 386 g/mol. The van der Waals surface area contributed by atoms with Crippen molar-refractivity contribution >= 4 is 39.5 Å². The van der Waals surface area contributed by atoms with Gasteiger partial charge in [-0.15, -0.1) is 22.7 Å². The average molecular weight is 387 g/mol. The Morgan fingerprint density at radius 3 is 2.54 bits per heavy atom. The van der Waals surface area contributed by atoms with Crippen LogP contribution in [0.1, 0.15) is 32.4 Å². The molecule has 5 nitrogen and oxygen atoms in total. The number of aryl methyl sites for hydroxylation is 1. The highest BCUT2D eigenvalue weighted by Gasteiger charge is 2.21. The number of benzene rings is 1. The lowest BCUT2D eigenvalue weighted by Gasteiger charge is -2.15. The summed E-state index contributed by atoms with van der Waals surface area (Å²) in [6, 6.07) is 14.1. The molecule has 1 aromatic carbocycles. The number of primary amides is 1. The fourth-order valence-corrected chi connectivity index (χ4v) is 4.32. The van der Waals surface area contributed by atoms with Gasteiger partial charge in [-0.05, 0) is 29.8 Å². The van der Waals surface area contributed by atoms with E-state index in [0.29, 0.717) is 10.6 Å². The van der Waals surface area contributed by atoms with Crippen LogP contribution in [0.2, 0.25) is 0 Å². The third-order valence-corrected chi connectivity index (χ3v) is 5.79. The average Bonchev–Trinajstić information content (AvgIpc) is 3.28. The van der Waals surface area contributed by atoms with Gasteiger partial charge in [0.1, 0.15) is 11.0 Å². The van der Waals surface area contributed by atoms with Gasteiger partial charge in [-0.2, -0.15) is 0 Å². The van der Waals surface area contributed by atoms with Gasteiger partial charge < -0.3 is 16.4 Å². The third kappa shape index (κ3) is 4.37. The van der Waals surface area contributed by atoms with Crippen LogP contribution in [0.15, 0.2) is 53.2 Å². The van der Waals surface area contributed by atoms with Crippen molar-refractivity contribution < 1.29 is 14.9 Å². The Labute approximate surface area is 159 Å². The Morgan fingerprint density at radius 1 is 1.12 bits per heavy atom. The van der Waals surface area contributed by atoms with E-state index in [1.54, 1.807) is 22.8 Å². The lowest BCUT2D eigenvalue weighted by molar-refractivity contribution is -0.675. The van der Waals surface area contributed by atoms with Crippen molar-refractivity contribution in [1.29, 1.82) is 0 Å². The Balaban J connectivity index is 1.70. The maximum Gasteiger partial charge on any atom is 0.280 e. The maximum absolute atomic E-state index is 12.4. The van der Waals surface area contributed by atoms with Crippen molar-refractivity contribution in [2.45, 2.75) is 13.0 Å². The number of nitrogens with two attached hydrogens (primary N) is 2. The SMILES string of the molecule is Cc1ccc([C@H]([NH2+]CC(=O)Nc2sccc2C(N)=O)c2cccs2)cc1. The standard InChI is InChI=1S/C19H19N3O2S2/c1-12-4-6-13(7-5-12)17(15-3-2-9-25-15)21-11-16(23)22-19-14(18(20)24)8-10-26-19/h2-10,17,21H,11H2,1H3,(H2,20,24)(H,22,23)/p+1/t17-/m0/s1. The van der Waals surface area contributed by atoms with E-state index in [1.807, 2.05) is 16.8 Å². The molecule has 134 valence electrons. The van der Waals surface area contributed by atoms with Gasteiger partial charge in [-0.25, -0.2) is 0 Å². The minimum Gasteiger partial charge on any atom is -0.366 e. The number of quaternary nitrogens is 1. The zero-order valence-corrected chi connectivity index (χ0v) is 15.9. The summed E-state index contributed by atoms with van der Waals surface area (Å²) in [5.41, 5.74) is 8.02. The van der Waals surface area contributed by atoms with E-state index in [9.17, 15) is 9.59 Å². The van der Waals surface area contributed by atoms with Crippen molar-refractivity contribution in [3.05, 3.63) is 74.8 Å². The molecule has 2 heterocycles. The van der Waals surface area contributed by atoms with E-state index < -0.39 is 5.91 Å². The smallest absolute Gasteiger partial charge is 0.280 e. The maximum atomic E-state index is 12.4. The lowest BCUT2D eigenvalue weighted by Crippen LogP contribution is -2.87. The summed E-state index contributed by atoms with van der Waals surface area (Å²) in [5.74, 6) is -0.703. The molecular formula is C19H20N3O2S2+. The third-order valence-electron chi connectivity index (χ3n) is 4.01. The lowest BCUT2D eigenvalue weighted by atomic mass is 10.0. The fourth-order valence-electron chi connectivity index (χ4n) is 2.66. The first-order chi connectivity index (χ1) is 12.5. The molecule has 2 amide bonds. The number of amides is 2. The summed E-state index contributed by atoms with van der Waals surface area (Å²) < 4.78 is 0. The summed E-state index contributed by atoms with van der Waals surface area (Å²) >= 11 is 2.96. The van der Waals surface area contributed by atoms with Crippen LogP contribution in [0.3, 0.4) is 0 Å². The van der Waals surface area contributed by atoms with Gasteiger partial charge in [0.15, 0.2) is 6.54 Å². The van der Waals surface area contributed by atoms with Crippen LogP contribution in [0, 0.1) is 6.92 Å². The van der Waals surface area contributed by atoms with Crippen LogP contribution in [0.25, 0.3) is 0 Å². The first-order valence-electron chi connectivity index (χ1n) is 8.15. The Hall–Kier alpha value is -2.48. The second-order valence-electron chi connectivity index (χ2n) is 5.92. The van der Waals surface area contributed by atoms with Gasteiger partial charge in [-0.3, -0.25) is 9.59 Å². The van der Waals surface area contributed by atoms with Crippen LogP contribution in [0.5, 0.6) is 0 Å². The molecule has 0 aliphatic heterocycles. The number of nitrogens with one attached hydrogen (secondary N) is 1. The van der Waals surface area contributed by atoms with Crippen LogP contribution in [-0.2, 0) is 4.79 Å². The minimum atomic E-state index is -0.540. The topological polar surface area (TPSA) is 88.8 Å². The van der Waals surface area contributed by atoms with Crippen LogP contribution in [0.4, 0.5) is 5.00 Å². The predicted molar refractivity (Wildman–Crippen MR) is 106 cm³/mol. The summed E-state index contributed by atoms with van der Waals surface area (Å²) in [4.78, 5) is 24.9. The molecule has 0 saturated heterocycles. The predicted octanol–water partition coefficient (Wildman–Crippen LogP) is 2.51. The Kier molecular flexibility index (Phi) is 5.82. The molecule has 0 aliphatic carbocycles. The molecule has 0 bridgehead atoms. The molecule has 5 N–H and O–H groups in total. The number of rotatable bonds is 7. The van der Waals surface area contributed by atoms with Gasteiger partial charge in [0.2, 0.25) is 0 Å². The Bertz CT molecular complexity index is 886. The first kappa shape index (κ1) is 18.3. The van der Waals surface area contributed by atoms with Crippen LogP contribution >= 0.6 is 22.7 Å². The molecule has 0 saturated carbocycles. The first-order valence-corrected chi connectivity index (χ1v) is 9.91. The largest absolute Gasteiger partial charge is 0.366 e. The Morgan fingerprint density at radius 2 is 1.88 bits per heavy atom. The summed E-state index contributed by atoms with van der Waals surface area (Å²) in [7, 11) is 0. The number of carbonyl (C=O) groups excluding carboxylic acids is 2. The molecule has 1 atom stereocenters. The molecule has 7 heteroatoms. The van der Waals surface area contributed by atoms with Gasteiger partial charge in [0.25, 0.3) is 11.8 Å². The van der Waals surface area contributed by atoms with E-state index in [1.165, 1.54) is 21.8 Å². The number of hydrogen-bond acceptors (Lipinski definition) is 4. The van der Waals surface area contributed by atoms with Crippen molar-refractivity contribution in [2.24, 2.45) is 5.73 Å². The van der Waals surface area contributed by atoms with E-state index in [2.05, 4.69) is 42.6 Å². The van der Waals surface area contributed by atoms with Gasteiger partial charge in [0, 0.05) is 5.56 Å². The molecular weight excluding hydrogens is 366 g/mol. The van der Waals surface area contributed by atoms with Crippen molar-refractivity contribution in [2.75, 3.05) is 11.9 Å². The van der Waals surface area contributed by atoms with Crippen LogP contribution in [-0.4, -0.2) is 18.4 Å². The van der Waals surface area contributed by atoms with Crippen molar-refractivity contribution in [3.63, 3.8) is 0 Å². The summed E-state index contributed by atoms with van der Waals surface area (Å²) in [6.45, 7) is 2.30. The van der Waals surface area contributed by atoms with Crippen LogP contribution < -0.4 is 16.4 Å². The number of hydrogen-bond donors (Lipinski definition) is 3. The van der Waals surface area contributed by atoms with E-state index in [-0.39, 0.29) is 18.5 Å². The van der Waals surface area contributed by atoms with Gasteiger partial charge in [0.05, 0.1) is 10.4 Å². The highest BCUT2D eigenvalue weighted by atomic mass is 32.1. The fraction of sp³-hybridized carbons (Fsp3) is 0.158. The quantitative estimate of drug-likeness (QED) is 0.582. The molecule has 3 aromatic rings. The second kappa shape index (κ2) is 8.27. The van der Waals surface area contributed by atoms with E-state index in [4.69, 9.17) is 5.73 Å². The minimum absolute atomic E-state index is 0.0558. The molecule has 3 rings (SSSR count). The summed E-state index contributed by atoms with van der Waals surface area (Å²) in [6.07, 6.45) is 0. The number of thiophene rings is 2. The zero-order valence-electron chi connectivity index (χ0n) is 14.3. The van der Waals surface area contributed by atoms with Crippen molar-refractivity contribution in [1.82, 2.24) is 0 Å². The molecule has 0 aliphatic rings. The molecule has 0 spiro atoms. The molecule has 0 fully saturated rings. The van der Waals surface area contributed by atoms with E-state index in [0.717, 1.165) is 5.56 Å². The zero-order chi connectivity index (χ0) is 18.5. The summed E-state index contributed by atoms with van der Waals surface area (Å²) in [5, 5.41) is 9.06. The molecule has 0 unspecified atom stereocenters. The highest BCUT2D eigenvalue weighted by molar-refractivity contribution is 7.14. The van der Waals surface area contributed by atoms with Crippen molar-refractivity contribution in [3.8, 4) is 0 Å². The molecule has 26 heavy (non-hydrogen) atoms. The normalized spacial score (nSPS) is 11.9. The van der Waals surface area contributed by atoms with E-state index >= 15 is 0 Å².